The second-order valence-corrected chi connectivity index (χ2v) is 6.21. The van der Waals surface area contributed by atoms with E-state index in [9.17, 15) is 4.79 Å². The number of carbonyl (C=O) groups is 1. The zero-order valence-corrected chi connectivity index (χ0v) is 13.8. The van der Waals surface area contributed by atoms with Gasteiger partial charge < -0.3 is 14.4 Å². The van der Waals surface area contributed by atoms with E-state index in [0.29, 0.717) is 37.0 Å². The van der Waals surface area contributed by atoms with Crippen LogP contribution in [0.1, 0.15) is 53.4 Å². The Bertz CT molecular complexity index is 713. The smallest absolute Gasteiger partial charge is 0.335 e. The number of ether oxygens (including phenoxy) is 1. The Labute approximate surface area is 140 Å². The predicted molar refractivity (Wildman–Crippen MR) is 85.8 cm³/mol. The third kappa shape index (κ3) is 3.63. The van der Waals surface area contributed by atoms with Crippen molar-refractivity contribution in [2.75, 3.05) is 19.8 Å². The molecule has 2 heterocycles. The van der Waals surface area contributed by atoms with Crippen molar-refractivity contribution in [1.82, 2.24) is 15.0 Å². The molecule has 0 aliphatic carbocycles. The second-order valence-electron chi connectivity index (χ2n) is 6.21. The Morgan fingerprint density at radius 3 is 3.00 bits per heavy atom. The van der Waals surface area contributed by atoms with E-state index in [0.717, 1.165) is 12.1 Å². The molecule has 3 rings (SSSR count). The summed E-state index contributed by atoms with van der Waals surface area (Å²) in [5.74, 6) is 0.489. The zero-order valence-electron chi connectivity index (χ0n) is 13.8. The molecule has 1 aromatic heterocycles. The highest BCUT2D eigenvalue weighted by Gasteiger charge is 2.29. The summed E-state index contributed by atoms with van der Waals surface area (Å²) < 4.78 is 10.9. The predicted octanol–water partition coefficient (Wildman–Crippen LogP) is 2.46. The van der Waals surface area contributed by atoms with Crippen LogP contribution in [0.5, 0.6) is 0 Å². The van der Waals surface area contributed by atoms with Crippen LogP contribution < -0.4 is 0 Å². The highest BCUT2D eigenvalue weighted by Crippen LogP contribution is 2.25. The van der Waals surface area contributed by atoms with Crippen LogP contribution in [0, 0.1) is 0 Å². The fraction of sp³-hybridized carbons (Fsp3) is 0.471. The molecule has 0 saturated carbocycles. The van der Waals surface area contributed by atoms with Crippen molar-refractivity contribution < 1.29 is 19.2 Å². The molecule has 1 N–H and O–H groups in total. The first-order chi connectivity index (χ1) is 11.5. The van der Waals surface area contributed by atoms with Crippen LogP contribution in [0.4, 0.5) is 0 Å². The number of benzene rings is 1. The average molecular weight is 331 g/mol. The Morgan fingerprint density at radius 1 is 1.46 bits per heavy atom. The molecule has 1 aliphatic rings. The fourth-order valence-electron chi connectivity index (χ4n) is 2.72. The van der Waals surface area contributed by atoms with Crippen molar-refractivity contribution in [3.05, 3.63) is 47.1 Å². The van der Waals surface area contributed by atoms with Gasteiger partial charge >= 0.3 is 5.97 Å². The third-order valence-electron chi connectivity index (χ3n) is 4.05. The molecule has 1 fully saturated rings. The molecule has 128 valence electrons. The van der Waals surface area contributed by atoms with E-state index >= 15 is 0 Å². The number of nitrogens with zero attached hydrogens (tertiary/aromatic N) is 3. The van der Waals surface area contributed by atoms with Crippen LogP contribution in [0.25, 0.3) is 0 Å². The SMILES string of the molecule is CC(C)c1nc(C2COCCN2Cc2cccc(C(=O)O)c2)no1. The molecule has 1 aromatic carbocycles. The lowest BCUT2D eigenvalue weighted by molar-refractivity contribution is -0.0166. The molecular formula is C17H21N3O4. The largest absolute Gasteiger partial charge is 0.478 e. The van der Waals surface area contributed by atoms with E-state index in [1.807, 2.05) is 19.9 Å². The molecule has 2 aromatic rings. The molecule has 1 saturated heterocycles. The van der Waals surface area contributed by atoms with Crippen LogP contribution >= 0.6 is 0 Å². The molecule has 7 nitrogen and oxygen atoms in total. The lowest BCUT2D eigenvalue weighted by atomic mass is 10.1. The molecule has 0 bridgehead atoms. The Morgan fingerprint density at radius 2 is 2.29 bits per heavy atom. The molecule has 1 unspecified atom stereocenters. The summed E-state index contributed by atoms with van der Waals surface area (Å²) in [6.45, 7) is 6.47. The van der Waals surface area contributed by atoms with Gasteiger partial charge in [-0.2, -0.15) is 4.98 Å². The van der Waals surface area contributed by atoms with Crippen molar-refractivity contribution in [1.29, 1.82) is 0 Å². The van der Waals surface area contributed by atoms with Gasteiger partial charge in [-0.25, -0.2) is 4.79 Å². The summed E-state index contributed by atoms with van der Waals surface area (Å²) >= 11 is 0. The molecule has 1 aliphatic heterocycles. The minimum absolute atomic E-state index is 0.0940. The second kappa shape index (κ2) is 7.11. The van der Waals surface area contributed by atoms with E-state index in [-0.39, 0.29) is 12.0 Å². The average Bonchev–Trinajstić information content (AvgIpc) is 3.06. The van der Waals surface area contributed by atoms with Gasteiger partial charge in [-0.15, -0.1) is 0 Å². The maximum absolute atomic E-state index is 11.1. The number of carboxylic acid groups (broad SMARTS) is 1. The molecule has 24 heavy (non-hydrogen) atoms. The van der Waals surface area contributed by atoms with Crippen LogP contribution in [0.3, 0.4) is 0 Å². The van der Waals surface area contributed by atoms with Crippen LogP contribution in [-0.2, 0) is 11.3 Å². The van der Waals surface area contributed by atoms with Gasteiger partial charge in [0.2, 0.25) is 5.89 Å². The van der Waals surface area contributed by atoms with Gasteiger partial charge in [-0.1, -0.05) is 31.1 Å². The summed E-state index contributed by atoms with van der Waals surface area (Å²) in [4.78, 5) is 17.8. The lowest BCUT2D eigenvalue weighted by Gasteiger charge is -2.33. The Kier molecular flexibility index (Phi) is 4.92. The van der Waals surface area contributed by atoms with E-state index in [4.69, 9.17) is 14.4 Å². The summed E-state index contributed by atoms with van der Waals surface area (Å²) in [6.07, 6.45) is 0. The summed E-state index contributed by atoms with van der Waals surface area (Å²) in [7, 11) is 0. The zero-order chi connectivity index (χ0) is 17.1. The normalized spacial score (nSPS) is 18.9. The lowest BCUT2D eigenvalue weighted by Crippen LogP contribution is -2.39. The highest BCUT2D eigenvalue weighted by molar-refractivity contribution is 5.87. The van der Waals surface area contributed by atoms with Gasteiger partial charge in [-0.3, -0.25) is 4.90 Å². The first-order valence-corrected chi connectivity index (χ1v) is 8.02. The van der Waals surface area contributed by atoms with Crippen molar-refractivity contribution in [2.45, 2.75) is 32.4 Å². The number of aromatic nitrogens is 2. The maximum atomic E-state index is 11.1. The standard InChI is InChI=1S/C17H21N3O4/c1-11(2)16-18-15(19-24-16)14-10-23-7-6-20(14)9-12-4-3-5-13(8-12)17(21)22/h3-5,8,11,14H,6-7,9-10H2,1-2H3,(H,21,22). The quantitative estimate of drug-likeness (QED) is 0.900. The van der Waals surface area contributed by atoms with Gasteiger partial charge in [0, 0.05) is 19.0 Å². The first-order valence-electron chi connectivity index (χ1n) is 8.02. The number of aromatic carboxylic acids is 1. The summed E-state index contributed by atoms with van der Waals surface area (Å²) in [5, 5.41) is 13.2. The summed E-state index contributed by atoms with van der Waals surface area (Å²) in [5.41, 5.74) is 1.23. The van der Waals surface area contributed by atoms with Crippen molar-refractivity contribution in [3.8, 4) is 0 Å². The molecule has 0 spiro atoms. The van der Waals surface area contributed by atoms with E-state index in [1.54, 1.807) is 18.2 Å². The maximum Gasteiger partial charge on any atom is 0.335 e. The van der Waals surface area contributed by atoms with Crippen molar-refractivity contribution in [2.24, 2.45) is 0 Å². The van der Waals surface area contributed by atoms with E-state index in [2.05, 4.69) is 15.0 Å². The van der Waals surface area contributed by atoms with Gasteiger partial charge in [0.25, 0.3) is 0 Å². The number of carboxylic acids is 1. The fourth-order valence-corrected chi connectivity index (χ4v) is 2.72. The topological polar surface area (TPSA) is 88.7 Å². The number of hydrogen-bond donors (Lipinski definition) is 1. The molecular weight excluding hydrogens is 310 g/mol. The van der Waals surface area contributed by atoms with Crippen molar-refractivity contribution in [3.63, 3.8) is 0 Å². The molecule has 1 atom stereocenters. The van der Waals surface area contributed by atoms with Gasteiger partial charge in [0.15, 0.2) is 5.82 Å². The summed E-state index contributed by atoms with van der Waals surface area (Å²) in [6, 6.07) is 6.89. The number of rotatable bonds is 5. The van der Waals surface area contributed by atoms with Crippen molar-refractivity contribution >= 4 is 5.97 Å². The number of morpholine rings is 1. The Hall–Kier alpha value is -2.25. The van der Waals surface area contributed by atoms with Crippen LogP contribution in [0.2, 0.25) is 0 Å². The van der Waals surface area contributed by atoms with Gasteiger partial charge in [0.05, 0.1) is 24.8 Å². The van der Waals surface area contributed by atoms with Gasteiger partial charge in [0.1, 0.15) is 0 Å². The van der Waals surface area contributed by atoms with Crippen LogP contribution in [-0.4, -0.2) is 45.9 Å². The van der Waals surface area contributed by atoms with Crippen LogP contribution in [0.15, 0.2) is 28.8 Å². The minimum Gasteiger partial charge on any atom is -0.478 e. The Balaban J connectivity index is 1.79. The monoisotopic (exact) mass is 331 g/mol. The number of hydrogen-bond acceptors (Lipinski definition) is 6. The minimum atomic E-state index is -0.921. The molecule has 0 radical (unpaired) electrons. The van der Waals surface area contributed by atoms with E-state index < -0.39 is 5.97 Å². The first kappa shape index (κ1) is 16.6. The van der Waals surface area contributed by atoms with Gasteiger partial charge in [-0.05, 0) is 17.7 Å². The molecule has 7 heteroatoms. The third-order valence-corrected chi connectivity index (χ3v) is 4.05. The van der Waals surface area contributed by atoms with E-state index in [1.165, 1.54) is 0 Å². The highest BCUT2D eigenvalue weighted by atomic mass is 16.5. The molecule has 0 amide bonds.